The predicted octanol–water partition coefficient (Wildman–Crippen LogP) is 1.12. The lowest BCUT2D eigenvalue weighted by atomic mass is 9.96. The molecule has 2 heteroatoms. The van der Waals surface area contributed by atoms with Crippen LogP contribution in [0.25, 0.3) is 0 Å². The van der Waals surface area contributed by atoms with Crippen LogP contribution in [0, 0.1) is 0 Å². The third-order valence-corrected chi connectivity index (χ3v) is 2.28. The van der Waals surface area contributed by atoms with Crippen LogP contribution in [0.2, 0.25) is 0 Å². The average molecular weight is 140 g/mol. The molecule has 1 spiro atoms. The van der Waals surface area contributed by atoms with Crippen molar-refractivity contribution in [2.45, 2.75) is 24.5 Å². The minimum absolute atomic E-state index is 0.205. The fourth-order valence-corrected chi connectivity index (χ4v) is 1.44. The van der Waals surface area contributed by atoms with E-state index < -0.39 is 0 Å². The Hall–Kier alpha value is -0.340. The summed E-state index contributed by atoms with van der Waals surface area (Å²) in [5.74, 6) is 0. The van der Waals surface area contributed by atoms with Crippen molar-refractivity contribution in [1.29, 1.82) is 0 Å². The van der Waals surface area contributed by atoms with E-state index in [1.165, 1.54) is 0 Å². The van der Waals surface area contributed by atoms with Crippen molar-refractivity contribution in [2.75, 3.05) is 13.2 Å². The Balaban J connectivity index is 1.97. The molecule has 2 saturated heterocycles. The van der Waals surface area contributed by atoms with Crippen molar-refractivity contribution >= 4 is 0 Å². The Morgan fingerprint density at radius 3 is 3.00 bits per heavy atom. The Bertz CT molecular complexity index is 149. The van der Waals surface area contributed by atoms with Crippen LogP contribution in [0.3, 0.4) is 0 Å². The second-order valence-corrected chi connectivity index (χ2v) is 3.07. The second kappa shape index (κ2) is 2.07. The molecule has 2 nitrogen and oxygen atoms in total. The summed E-state index contributed by atoms with van der Waals surface area (Å²) in [7, 11) is 0. The van der Waals surface area contributed by atoms with E-state index in [0.29, 0.717) is 0 Å². The molecule has 2 rings (SSSR count). The molecule has 2 heterocycles. The quantitative estimate of drug-likeness (QED) is 0.402. The molecule has 0 unspecified atom stereocenters. The lowest BCUT2D eigenvalue weighted by Crippen LogP contribution is -2.29. The van der Waals surface area contributed by atoms with Crippen LogP contribution in [-0.4, -0.2) is 24.9 Å². The highest BCUT2D eigenvalue weighted by Crippen LogP contribution is 2.39. The van der Waals surface area contributed by atoms with Crippen LogP contribution < -0.4 is 0 Å². The van der Waals surface area contributed by atoms with Gasteiger partial charge in [0.05, 0.1) is 24.9 Å². The first kappa shape index (κ1) is 6.38. The number of epoxide rings is 1. The molecule has 0 radical (unpaired) electrons. The summed E-state index contributed by atoms with van der Waals surface area (Å²) in [4.78, 5) is 0. The minimum atomic E-state index is 0.205. The molecular weight excluding hydrogens is 128 g/mol. The van der Waals surface area contributed by atoms with Gasteiger partial charge < -0.3 is 9.47 Å². The van der Waals surface area contributed by atoms with E-state index >= 15 is 0 Å². The zero-order valence-corrected chi connectivity index (χ0v) is 6.01. The second-order valence-electron chi connectivity index (χ2n) is 3.07. The van der Waals surface area contributed by atoms with Gasteiger partial charge in [0.1, 0.15) is 0 Å². The van der Waals surface area contributed by atoms with Crippen molar-refractivity contribution < 1.29 is 9.47 Å². The molecule has 0 saturated carbocycles. The zero-order chi connectivity index (χ0) is 7.03. The van der Waals surface area contributed by atoms with E-state index in [4.69, 9.17) is 9.47 Å². The van der Waals surface area contributed by atoms with E-state index in [1.54, 1.807) is 0 Å². The Kier molecular flexibility index (Phi) is 1.32. The molecule has 0 bridgehead atoms. The zero-order valence-electron chi connectivity index (χ0n) is 6.01. The van der Waals surface area contributed by atoms with Crippen LogP contribution in [-0.2, 0) is 9.47 Å². The topological polar surface area (TPSA) is 21.8 Å². The van der Waals surface area contributed by atoms with Crippen LogP contribution >= 0.6 is 0 Å². The first-order chi connectivity index (χ1) is 4.85. The Morgan fingerprint density at radius 1 is 1.60 bits per heavy atom. The predicted molar refractivity (Wildman–Crippen MR) is 37.9 cm³/mol. The fraction of sp³-hybridized carbons (Fsp3) is 0.750. The van der Waals surface area contributed by atoms with E-state index in [1.807, 2.05) is 6.08 Å². The van der Waals surface area contributed by atoms with Crippen LogP contribution in [0.5, 0.6) is 0 Å². The van der Waals surface area contributed by atoms with Gasteiger partial charge in [0, 0.05) is 12.8 Å². The molecule has 0 aromatic rings. The first-order valence-electron chi connectivity index (χ1n) is 3.73. The van der Waals surface area contributed by atoms with Gasteiger partial charge in [-0.05, 0) is 0 Å². The van der Waals surface area contributed by atoms with Crippen molar-refractivity contribution in [3.63, 3.8) is 0 Å². The summed E-state index contributed by atoms with van der Waals surface area (Å²) < 4.78 is 10.7. The maximum Gasteiger partial charge on any atom is 0.0966 e. The van der Waals surface area contributed by atoms with Crippen LogP contribution in [0.1, 0.15) is 12.8 Å². The highest BCUT2D eigenvalue weighted by molar-refractivity contribution is 5.00. The molecule has 10 heavy (non-hydrogen) atoms. The average Bonchev–Trinajstić information content (AvgIpc) is 2.70. The third kappa shape index (κ3) is 0.976. The van der Waals surface area contributed by atoms with Gasteiger partial charge in [-0.3, -0.25) is 0 Å². The monoisotopic (exact) mass is 140 g/mol. The van der Waals surface area contributed by atoms with Gasteiger partial charge in [0.2, 0.25) is 0 Å². The maximum atomic E-state index is 5.40. The molecule has 0 aromatic heterocycles. The molecule has 2 atom stereocenters. The lowest BCUT2D eigenvalue weighted by Gasteiger charge is -2.24. The molecule has 2 aliphatic heterocycles. The normalized spacial score (nSPS) is 45.4. The first-order valence-corrected chi connectivity index (χ1v) is 3.73. The van der Waals surface area contributed by atoms with Crippen molar-refractivity contribution in [3.05, 3.63) is 12.7 Å². The van der Waals surface area contributed by atoms with E-state index in [-0.39, 0.29) is 11.7 Å². The number of hydrogen-bond acceptors (Lipinski definition) is 2. The van der Waals surface area contributed by atoms with Gasteiger partial charge in [-0.15, -0.1) is 6.58 Å². The van der Waals surface area contributed by atoms with Gasteiger partial charge in [-0.1, -0.05) is 6.08 Å². The van der Waals surface area contributed by atoms with Gasteiger partial charge in [-0.25, -0.2) is 0 Å². The van der Waals surface area contributed by atoms with Gasteiger partial charge in [-0.2, -0.15) is 0 Å². The SMILES string of the molecule is C=C[C@@H]1C[C@@]2(CCO1)CO2. The largest absolute Gasteiger partial charge is 0.374 e. The highest BCUT2D eigenvalue weighted by atomic mass is 16.6. The van der Waals surface area contributed by atoms with Crippen LogP contribution in [0.15, 0.2) is 12.7 Å². The number of rotatable bonds is 1. The Morgan fingerprint density at radius 2 is 2.40 bits per heavy atom. The summed E-state index contributed by atoms with van der Waals surface area (Å²) in [6, 6.07) is 0. The summed E-state index contributed by atoms with van der Waals surface area (Å²) in [5.41, 5.74) is 0.205. The van der Waals surface area contributed by atoms with Gasteiger partial charge in [0.15, 0.2) is 0 Å². The summed E-state index contributed by atoms with van der Waals surface area (Å²) in [5, 5.41) is 0. The molecule has 2 aliphatic rings. The number of ether oxygens (including phenoxy) is 2. The Labute approximate surface area is 60.8 Å². The third-order valence-electron chi connectivity index (χ3n) is 2.28. The van der Waals surface area contributed by atoms with Crippen molar-refractivity contribution in [1.82, 2.24) is 0 Å². The van der Waals surface area contributed by atoms with E-state index in [0.717, 1.165) is 26.1 Å². The smallest absolute Gasteiger partial charge is 0.0966 e. The van der Waals surface area contributed by atoms with Gasteiger partial charge >= 0.3 is 0 Å². The molecule has 0 aromatic carbocycles. The number of hydrogen-bond donors (Lipinski definition) is 0. The molecule has 0 amide bonds. The lowest BCUT2D eigenvalue weighted by molar-refractivity contribution is 0.00692. The maximum absolute atomic E-state index is 5.40. The molecule has 0 aliphatic carbocycles. The molecule has 2 fully saturated rings. The van der Waals surface area contributed by atoms with Crippen molar-refractivity contribution in [2.24, 2.45) is 0 Å². The molecular formula is C8H12O2. The van der Waals surface area contributed by atoms with Gasteiger partial charge in [0.25, 0.3) is 0 Å². The minimum Gasteiger partial charge on any atom is -0.374 e. The van der Waals surface area contributed by atoms with E-state index in [2.05, 4.69) is 6.58 Å². The van der Waals surface area contributed by atoms with Crippen LogP contribution in [0.4, 0.5) is 0 Å². The molecule has 56 valence electrons. The summed E-state index contributed by atoms with van der Waals surface area (Å²) in [6.07, 6.45) is 4.17. The fourth-order valence-electron chi connectivity index (χ4n) is 1.44. The highest BCUT2D eigenvalue weighted by Gasteiger charge is 2.47. The van der Waals surface area contributed by atoms with E-state index in [9.17, 15) is 0 Å². The standard InChI is InChI=1S/C8H12O2/c1-2-7-5-8(6-10-8)3-4-9-7/h2,7H,1,3-6H2/t7-,8+/m1/s1. The molecule has 0 N–H and O–H groups in total. The summed E-state index contributed by atoms with van der Waals surface area (Å²) in [6.45, 7) is 5.46. The summed E-state index contributed by atoms with van der Waals surface area (Å²) >= 11 is 0. The van der Waals surface area contributed by atoms with Crippen molar-refractivity contribution in [3.8, 4) is 0 Å².